The van der Waals surface area contributed by atoms with Crippen molar-refractivity contribution < 1.29 is 9.53 Å². The smallest absolute Gasteiger partial charge is 0.225 e. The van der Waals surface area contributed by atoms with Crippen LogP contribution in [0.15, 0.2) is 24.3 Å². The highest BCUT2D eigenvalue weighted by Crippen LogP contribution is 2.19. The predicted molar refractivity (Wildman–Crippen MR) is 72.8 cm³/mol. The third-order valence-electron chi connectivity index (χ3n) is 3.89. The molecule has 0 bridgehead atoms. The van der Waals surface area contributed by atoms with E-state index >= 15 is 0 Å². The van der Waals surface area contributed by atoms with Crippen LogP contribution in [0.4, 0.5) is 0 Å². The molecule has 2 heterocycles. The summed E-state index contributed by atoms with van der Waals surface area (Å²) >= 11 is 0. The molecule has 2 aliphatic heterocycles. The van der Waals surface area contributed by atoms with E-state index in [1.54, 1.807) is 0 Å². The van der Waals surface area contributed by atoms with Crippen molar-refractivity contribution in [3.8, 4) is 0 Å². The zero-order chi connectivity index (χ0) is 13.1. The number of amides is 1. The van der Waals surface area contributed by atoms with Crippen molar-refractivity contribution in [2.24, 2.45) is 0 Å². The molecular formula is C15H20N2O2. The van der Waals surface area contributed by atoms with Gasteiger partial charge in [-0.3, -0.25) is 4.79 Å². The van der Waals surface area contributed by atoms with Gasteiger partial charge < -0.3 is 15.0 Å². The zero-order valence-electron chi connectivity index (χ0n) is 11.1. The van der Waals surface area contributed by atoms with Crippen LogP contribution in [0, 0.1) is 0 Å². The molecule has 2 aliphatic rings. The Hall–Kier alpha value is -1.39. The Bertz CT molecular complexity index is 455. The Kier molecular flexibility index (Phi) is 3.80. The van der Waals surface area contributed by atoms with E-state index in [0.717, 1.165) is 32.6 Å². The van der Waals surface area contributed by atoms with Gasteiger partial charge in [-0.25, -0.2) is 0 Å². The SMILES string of the molecule is O=C(CC1CNCCO1)N1CCc2ccccc2C1. The van der Waals surface area contributed by atoms with E-state index in [4.69, 9.17) is 4.74 Å². The van der Waals surface area contributed by atoms with Crippen molar-refractivity contribution in [1.29, 1.82) is 0 Å². The van der Waals surface area contributed by atoms with Gasteiger partial charge in [0.05, 0.1) is 19.1 Å². The number of nitrogens with one attached hydrogen (secondary N) is 1. The Morgan fingerprint density at radius 2 is 2.21 bits per heavy atom. The molecule has 102 valence electrons. The Balaban J connectivity index is 1.59. The molecular weight excluding hydrogens is 240 g/mol. The van der Waals surface area contributed by atoms with E-state index in [1.807, 2.05) is 11.0 Å². The van der Waals surface area contributed by atoms with E-state index in [0.29, 0.717) is 13.0 Å². The first kappa shape index (κ1) is 12.6. The van der Waals surface area contributed by atoms with Crippen molar-refractivity contribution in [3.05, 3.63) is 35.4 Å². The highest BCUT2D eigenvalue weighted by Gasteiger charge is 2.24. The Morgan fingerprint density at radius 3 is 3.00 bits per heavy atom. The van der Waals surface area contributed by atoms with Crippen LogP contribution in [0.25, 0.3) is 0 Å². The number of nitrogens with zero attached hydrogens (tertiary/aromatic N) is 1. The molecule has 1 atom stereocenters. The van der Waals surface area contributed by atoms with Crippen LogP contribution in [-0.2, 0) is 22.5 Å². The van der Waals surface area contributed by atoms with Crippen LogP contribution in [-0.4, -0.2) is 43.2 Å². The maximum absolute atomic E-state index is 12.3. The summed E-state index contributed by atoms with van der Waals surface area (Å²) in [4.78, 5) is 14.3. The lowest BCUT2D eigenvalue weighted by molar-refractivity contribution is -0.135. The summed E-state index contributed by atoms with van der Waals surface area (Å²) in [5.41, 5.74) is 2.66. The number of carbonyl (C=O) groups excluding carboxylic acids is 1. The highest BCUT2D eigenvalue weighted by atomic mass is 16.5. The average molecular weight is 260 g/mol. The van der Waals surface area contributed by atoms with Crippen LogP contribution in [0.3, 0.4) is 0 Å². The third-order valence-corrected chi connectivity index (χ3v) is 3.89. The van der Waals surface area contributed by atoms with Crippen molar-refractivity contribution in [1.82, 2.24) is 10.2 Å². The van der Waals surface area contributed by atoms with Crippen LogP contribution < -0.4 is 5.32 Å². The molecule has 4 nitrogen and oxygen atoms in total. The standard InChI is InChI=1S/C15H20N2O2/c18-15(9-14-10-16-6-8-19-14)17-7-5-12-3-1-2-4-13(12)11-17/h1-4,14,16H,5-11H2. The zero-order valence-corrected chi connectivity index (χ0v) is 11.1. The first-order valence-electron chi connectivity index (χ1n) is 7.00. The number of hydrogen-bond donors (Lipinski definition) is 1. The summed E-state index contributed by atoms with van der Waals surface area (Å²) in [7, 11) is 0. The molecule has 1 fully saturated rings. The number of carbonyl (C=O) groups is 1. The van der Waals surface area contributed by atoms with Gasteiger partial charge in [-0.05, 0) is 17.5 Å². The molecule has 3 rings (SSSR count). The maximum atomic E-state index is 12.3. The fourth-order valence-electron chi connectivity index (χ4n) is 2.78. The molecule has 1 aromatic carbocycles. The summed E-state index contributed by atoms with van der Waals surface area (Å²) in [5.74, 6) is 0.211. The van der Waals surface area contributed by atoms with Gasteiger partial charge in [0.2, 0.25) is 5.91 Å². The van der Waals surface area contributed by atoms with Gasteiger partial charge in [0, 0.05) is 26.2 Å². The lowest BCUT2D eigenvalue weighted by atomic mass is 9.99. The van der Waals surface area contributed by atoms with Crippen LogP contribution >= 0.6 is 0 Å². The maximum Gasteiger partial charge on any atom is 0.225 e. The van der Waals surface area contributed by atoms with E-state index in [-0.39, 0.29) is 12.0 Å². The summed E-state index contributed by atoms with van der Waals surface area (Å²) < 4.78 is 5.60. The average Bonchev–Trinajstić information content (AvgIpc) is 2.48. The van der Waals surface area contributed by atoms with Gasteiger partial charge in [-0.1, -0.05) is 24.3 Å². The van der Waals surface area contributed by atoms with Gasteiger partial charge in [0.1, 0.15) is 0 Å². The molecule has 0 aromatic heterocycles. The first-order chi connectivity index (χ1) is 9.33. The Morgan fingerprint density at radius 1 is 1.37 bits per heavy atom. The number of ether oxygens (including phenoxy) is 1. The normalized spacial score (nSPS) is 22.9. The number of morpholine rings is 1. The second-order valence-corrected chi connectivity index (χ2v) is 5.24. The second kappa shape index (κ2) is 5.72. The minimum Gasteiger partial charge on any atom is -0.375 e. The fourth-order valence-corrected chi connectivity index (χ4v) is 2.78. The first-order valence-corrected chi connectivity index (χ1v) is 7.00. The van der Waals surface area contributed by atoms with Crippen molar-refractivity contribution >= 4 is 5.91 Å². The molecule has 0 spiro atoms. The molecule has 0 saturated carbocycles. The number of fused-ring (bicyclic) bond motifs is 1. The van der Waals surface area contributed by atoms with Crippen LogP contribution in [0.1, 0.15) is 17.5 Å². The third kappa shape index (κ3) is 2.96. The highest BCUT2D eigenvalue weighted by molar-refractivity contribution is 5.77. The van der Waals surface area contributed by atoms with E-state index in [9.17, 15) is 4.79 Å². The lowest BCUT2D eigenvalue weighted by Gasteiger charge is -2.31. The number of hydrogen-bond acceptors (Lipinski definition) is 3. The summed E-state index contributed by atoms with van der Waals surface area (Å²) in [6.45, 7) is 3.96. The van der Waals surface area contributed by atoms with Crippen LogP contribution in [0.5, 0.6) is 0 Å². The minimum atomic E-state index is 0.0402. The summed E-state index contributed by atoms with van der Waals surface area (Å²) in [6, 6.07) is 8.39. The second-order valence-electron chi connectivity index (χ2n) is 5.24. The topological polar surface area (TPSA) is 41.6 Å². The molecule has 0 radical (unpaired) electrons. The summed E-state index contributed by atoms with van der Waals surface area (Å²) in [5, 5.41) is 3.26. The van der Waals surface area contributed by atoms with E-state index in [2.05, 4.69) is 23.5 Å². The van der Waals surface area contributed by atoms with Crippen molar-refractivity contribution in [2.45, 2.75) is 25.5 Å². The Labute approximate surface area is 113 Å². The summed E-state index contributed by atoms with van der Waals surface area (Å²) in [6.07, 6.45) is 1.50. The number of rotatable bonds is 2. The molecule has 19 heavy (non-hydrogen) atoms. The molecule has 1 saturated heterocycles. The fraction of sp³-hybridized carbons (Fsp3) is 0.533. The van der Waals surface area contributed by atoms with Crippen molar-refractivity contribution in [3.63, 3.8) is 0 Å². The van der Waals surface area contributed by atoms with Gasteiger partial charge in [0.15, 0.2) is 0 Å². The monoisotopic (exact) mass is 260 g/mol. The number of benzene rings is 1. The quantitative estimate of drug-likeness (QED) is 0.861. The van der Waals surface area contributed by atoms with Crippen molar-refractivity contribution in [2.75, 3.05) is 26.2 Å². The van der Waals surface area contributed by atoms with Gasteiger partial charge >= 0.3 is 0 Å². The predicted octanol–water partition coefficient (Wildman–Crippen LogP) is 0.950. The van der Waals surface area contributed by atoms with Gasteiger partial charge in [-0.2, -0.15) is 0 Å². The molecule has 4 heteroatoms. The molecule has 1 unspecified atom stereocenters. The molecule has 1 amide bonds. The van der Waals surface area contributed by atoms with E-state index < -0.39 is 0 Å². The molecule has 1 aromatic rings. The largest absolute Gasteiger partial charge is 0.375 e. The molecule has 1 N–H and O–H groups in total. The van der Waals surface area contributed by atoms with E-state index in [1.165, 1.54) is 11.1 Å². The molecule has 0 aliphatic carbocycles. The van der Waals surface area contributed by atoms with Gasteiger partial charge in [0.25, 0.3) is 0 Å². The lowest BCUT2D eigenvalue weighted by Crippen LogP contribution is -2.43. The van der Waals surface area contributed by atoms with Gasteiger partial charge in [-0.15, -0.1) is 0 Å². The minimum absolute atomic E-state index is 0.0402. The van der Waals surface area contributed by atoms with Crippen LogP contribution in [0.2, 0.25) is 0 Å².